The zero-order chi connectivity index (χ0) is 17.7. The van der Waals surface area contributed by atoms with E-state index < -0.39 is 12.7 Å². The molecule has 0 aliphatic carbocycles. The Hall–Kier alpha value is -3.16. The fraction of sp³-hybridized carbons (Fsp3) is 0.118. The Morgan fingerprint density at radius 3 is 2.00 bits per heavy atom. The Bertz CT molecular complexity index is 823. The molecule has 0 amide bonds. The molecular formula is C17H14F3N5. The van der Waals surface area contributed by atoms with Gasteiger partial charge in [-0.3, -0.25) is 0 Å². The summed E-state index contributed by atoms with van der Waals surface area (Å²) in [6, 6.07) is 18.1. The first-order valence-corrected chi connectivity index (χ1v) is 7.44. The van der Waals surface area contributed by atoms with Gasteiger partial charge in [-0.1, -0.05) is 48.5 Å². The molecule has 8 heteroatoms. The van der Waals surface area contributed by atoms with E-state index in [1.807, 2.05) is 24.3 Å². The molecular weight excluding hydrogens is 331 g/mol. The maximum absolute atomic E-state index is 12.5. The Morgan fingerprint density at radius 1 is 0.760 bits per heavy atom. The van der Waals surface area contributed by atoms with Crippen LogP contribution in [-0.2, 0) is 0 Å². The minimum Gasteiger partial charge on any atom is -0.345 e. The number of halogens is 3. The van der Waals surface area contributed by atoms with Crippen molar-refractivity contribution in [2.75, 3.05) is 17.2 Å². The van der Waals surface area contributed by atoms with E-state index in [0.29, 0.717) is 5.56 Å². The van der Waals surface area contributed by atoms with Gasteiger partial charge in [-0.05, 0) is 12.1 Å². The third kappa shape index (κ3) is 4.90. The predicted molar refractivity (Wildman–Crippen MR) is 89.5 cm³/mol. The summed E-state index contributed by atoms with van der Waals surface area (Å²) in [4.78, 5) is 12.4. The van der Waals surface area contributed by atoms with Crippen LogP contribution in [0.15, 0.2) is 60.7 Å². The van der Waals surface area contributed by atoms with Gasteiger partial charge in [0.2, 0.25) is 11.9 Å². The minimum absolute atomic E-state index is 0.149. The summed E-state index contributed by atoms with van der Waals surface area (Å²) in [7, 11) is 0. The summed E-state index contributed by atoms with van der Waals surface area (Å²) >= 11 is 0. The Balaban J connectivity index is 1.93. The second-order valence-electron chi connectivity index (χ2n) is 5.13. The maximum Gasteiger partial charge on any atom is 0.405 e. The molecule has 2 aromatic carbocycles. The first kappa shape index (κ1) is 16.7. The fourth-order valence-electron chi connectivity index (χ4n) is 2.06. The van der Waals surface area contributed by atoms with Crippen LogP contribution >= 0.6 is 0 Å². The summed E-state index contributed by atoms with van der Waals surface area (Å²) in [5.41, 5.74) is 1.39. The Kier molecular flexibility index (Phi) is 4.78. The highest BCUT2D eigenvalue weighted by atomic mass is 19.4. The molecule has 0 saturated heterocycles. The lowest BCUT2D eigenvalue weighted by molar-refractivity contribution is -0.115. The van der Waals surface area contributed by atoms with Crippen LogP contribution in [0.25, 0.3) is 11.4 Å². The van der Waals surface area contributed by atoms with E-state index in [9.17, 15) is 13.2 Å². The monoisotopic (exact) mass is 345 g/mol. The highest BCUT2D eigenvalue weighted by Gasteiger charge is 2.27. The van der Waals surface area contributed by atoms with Gasteiger partial charge in [-0.15, -0.1) is 0 Å². The summed E-state index contributed by atoms with van der Waals surface area (Å²) in [5.74, 6) is 0.285. The molecule has 0 bridgehead atoms. The second-order valence-corrected chi connectivity index (χ2v) is 5.13. The summed E-state index contributed by atoms with van der Waals surface area (Å²) in [6.07, 6.45) is -4.37. The zero-order valence-electron chi connectivity index (χ0n) is 13.0. The smallest absolute Gasteiger partial charge is 0.345 e. The Morgan fingerprint density at radius 2 is 1.36 bits per heavy atom. The van der Waals surface area contributed by atoms with Crippen LogP contribution in [0, 0.1) is 0 Å². The van der Waals surface area contributed by atoms with Crippen molar-refractivity contribution in [3.63, 3.8) is 0 Å². The van der Waals surface area contributed by atoms with Crippen molar-refractivity contribution in [1.29, 1.82) is 0 Å². The molecule has 25 heavy (non-hydrogen) atoms. The Labute approximate surface area is 142 Å². The number of hydrogen-bond acceptors (Lipinski definition) is 5. The highest BCUT2D eigenvalue weighted by molar-refractivity contribution is 5.60. The van der Waals surface area contributed by atoms with Crippen LogP contribution in [-0.4, -0.2) is 27.7 Å². The number of anilines is 3. The van der Waals surface area contributed by atoms with E-state index >= 15 is 0 Å². The molecule has 0 saturated carbocycles. The van der Waals surface area contributed by atoms with Crippen LogP contribution in [0.2, 0.25) is 0 Å². The standard InChI is InChI=1S/C17H14F3N5/c18-17(19,20)11-21-15-23-14(12-7-3-1-4-8-12)24-16(25-15)22-13-9-5-2-6-10-13/h1-10H,11H2,(H2,21,22,23,24,25). The van der Waals surface area contributed by atoms with Gasteiger partial charge in [-0.25, -0.2) is 0 Å². The van der Waals surface area contributed by atoms with Crippen molar-refractivity contribution in [3.8, 4) is 11.4 Å². The molecule has 5 nitrogen and oxygen atoms in total. The number of nitrogens with one attached hydrogen (secondary N) is 2. The third-order valence-electron chi connectivity index (χ3n) is 3.14. The molecule has 3 aromatic rings. The number of para-hydroxylation sites is 1. The van der Waals surface area contributed by atoms with E-state index in [2.05, 4.69) is 25.6 Å². The van der Waals surface area contributed by atoms with Gasteiger partial charge in [0.25, 0.3) is 0 Å². The zero-order valence-corrected chi connectivity index (χ0v) is 13.0. The van der Waals surface area contributed by atoms with Crippen LogP contribution < -0.4 is 10.6 Å². The van der Waals surface area contributed by atoms with Crippen LogP contribution in [0.1, 0.15) is 0 Å². The number of benzene rings is 2. The van der Waals surface area contributed by atoms with Crippen molar-refractivity contribution < 1.29 is 13.2 Å². The molecule has 1 aromatic heterocycles. The molecule has 128 valence electrons. The lowest BCUT2D eigenvalue weighted by Crippen LogP contribution is -2.22. The molecule has 1 heterocycles. The van der Waals surface area contributed by atoms with Gasteiger partial charge in [0.1, 0.15) is 6.54 Å². The molecule has 0 atom stereocenters. The van der Waals surface area contributed by atoms with E-state index in [-0.39, 0.29) is 17.7 Å². The van der Waals surface area contributed by atoms with E-state index in [0.717, 1.165) is 5.69 Å². The molecule has 0 unspecified atom stereocenters. The predicted octanol–water partition coefficient (Wildman–Crippen LogP) is 4.26. The summed E-state index contributed by atoms with van der Waals surface area (Å²) in [5, 5.41) is 5.16. The SMILES string of the molecule is FC(F)(F)CNc1nc(Nc2ccccc2)nc(-c2ccccc2)n1. The summed E-state index contributed by atoms with van der Waals surface area (Å²) < 4.78 is 37.4. The molecule has 0 radical (unpaired) electrons. The van der Waals surface area contributed by atoms with Crippen molar-refractivity contribution in [3.05, 3.63) is 60.7 Å². The molecule has 0 aliphatic rings. The number of nitrogens with zero attached hydrogens (tertiary/aromatic N) is 3. The molecule has 0 aliphatic heterocycles. The second kappa shape index (κ2) is 7.16. The number of rotatable bonds is 5. The van der Waals surface area contributed by atoms with Gasteiger partial charge in [0, 0.05) is 11.3 Å². The van der Waals surface area contributed by atoms with Crippen molar-refractivity contribution in [2.45, 2.75) is 6.18 Å². The third-order valence-corrected chi connectivity index (χ3v) is 3.14. The fourth-order valence-corrected chi connectivity index (χ4v) is 2.06. The summed E-state index contributed by atoms with van der Waals surface area (Å²) in [6.45, 7) is -1.23. The van der Waals surface area contributed by atoms with Crippen molar-refractivity contribution in [2.24, 2.45) is 0 Å². The van der Waals surface area contributed by atoms with E-state index in [1.165, 1.54) is 0 Å². The van der Waals surface area contributed by atoms with Gasteiger partial charge in [0.15, 0.2) is 5.82 Å². The van der Waals surface area contributed by atoms with Crippen LogP contribution in [0.4, 0.5) is 30.8 Å². The molecule has 0 fully saturated rings. The number of alkyl halides is 3. The van der Waals surface area contributed by atoms with E-state index in [1.54, 1.807) is 36.4 Å². The number of aromatic nitrogens is 3. The van der Waals surface area contributed by atoms with Crippen LogP contribution in [0.3, 0.4) is 0 Å². The molecule has 3 rings (SSSR count). The quantitative estimate of drug-likeness (QED) is 0.724. The lowest BCUT2D eigenvalue weighted by atomic mass is 10.2. The van der Waals surface area contributed by atoms with Gasteiger partial charge in [0.05, 0.1) is 0 Å². The van der Waals surface area contributed by atoms with Crippen molar-refractivity contribution >= 4 is 17.6 Å². The molecule has 0 spiro atoms. The number of hydrogen-bond donors (Lipinski definition) is 2. The average Bonchev–Trinajstić information content (AvgIpc) is 2.61. The molecule has 2 N–H and O–H groups in total. The van der Waals surface area contributed by atoms with E-state index in [4.69, 9.17) is 0 Å². The van der Waals surface area contributed by atoms with Gasteiger partial charge in [-0.2, -0.15) is 28.1 Å². The first-order chi connectivity index (χ1) is 12.0. The van der Waals surface area contributed by atoms with Crippen molar-refractivity contribution in [1.82, 2.24) is 15.0 Å². The van der Waals surface area contributed by atoms with Crippen LogP contribution in [0.5, 0.6) is 0 Å². The average molecular weight is 345 g/mol. The first-order valence-electron chi connectivity index (χ1n) is 7.44. The van der Waals surface area contributed by atoms with Gasteiger partial charge >= 0.3 is 6.18 Å². The maximum atomic E-state index is 12.5. The lowest BCUT2D eigenvalue weighted by Gasteiger charge is -2.11. The van der Waals surface area contributed by atoms with Gasteiger partial charge < -0.3 is 10.6 Å². The topological polar surface area (TPSA) is 62.7 Å². The largest absolute Gasteiger partial charge is 0.405 e. The minimum atomic E-state index is -4.37. The normalized spacial score (nSPS) is 11.2. The highest BCUT2D eigenvalue weighted by Crippen LogP contribution is 2.21.